The van der Waals surface area contributed by atoms with Crippen LogP contribution in [-0.2, 0) is 9.53 Å². The van der Waals surface area contributed by atoms with E-state index in [1.54, 1.807) is 7.11 Å². The molecule has 70 valence electrons. The smallest absolute Gasteiger partial charge is 0.150 e. The third kappa shape index (κ3) is 2.46. The van der Waals surface area contributed by atoms with Gasteiger partial charge in [0, 0.05) is 13.0 Å². The molecule has 0 spiro atoms. The van der Waals surface area contributed by atoms with E-state index in [2.05, 4.69) is 0 Å². The molecule has 1 aliphatic carbocycles. The van der Waals surface area contributed by atoms with Gasteiger partial charge < -0.3 is 4.74 Å². The number of Topliss-reactive ketones (excluding diaryl/α,β-unsaturated/α-hetero) is 1. The monoisotopic (exact) mass is 190 g/mol. The molecule has 3 heteroatoms. The highest BCUT2D eigenvalue weighted by molar-refractivity contribution is 6.27. The molecule has 0 aliphatic heterocycles. The molecule has 12 heavy (non-hydrogen) atoms. The Hall–Kier alpha value is -0.0800. The summed E-state index contributed by atoms with van der Waals surface area (Å²) < 4.78 is 5.21. The topological polar surface area (TPSA) is 26.3 Å². The van der Waals surface area contributed by atoms with Crippen LogP contribution in [0.5, 0.6) is 0 Å². The predicted octanol–water partition coefficient (Wildman–Crippen LogP) is 2.00. The SMILES string of the molecule is COC1CCC(C(=O)CCl)CC1. The molecule has 1 aliphatic rings. The van der Waals surface area contributed by atoms with E-state index in [0.29, 0.717) is 6.10 Å². The van der Waals surface area contributed by atoms with Crippen molar-refractivity contribution in [2.75, 3.05) is 13.0 Å². The van der Waals surface area contributed by atoms with Gasteiger partial charge in [-0.2, -0.15) is 0 Å². The summed E-state index contributed by atoms with van der Waals surface area (Å²) in [7, 11) is 1.73. The number of carbonyl (C=O) groups is 1. The Kier molecular flexibility index (Phi) is 4.02. The van der Waals surface area contributed by atoms with Crippen molar-refractivity contribution in [2.24, 2.45) is 5.92 Å². The summed E-state index contributed by atoms with van der Waals surface area (Å²) in [6.07, 6.45) is 4.27. The van der Waals surface area contributed by atoms with Gasteiger partial charge in [-0.15, -0.1) is 11.6 Å². The summed E-state index contributed by atoms with van der Waals surface area (Å²) in [5.74, 6) is 0.572. The lowest BCUT2D eigenvalue weighted by molar-refractivity contribution is -0.122. The Balaban J connectivity index is 2.30. The summed E-state index contributed by atoms with van der Waals surface area (Å²) in [6.45, 7) is 0. The normalized spacial score (nSPS) is 30.2. The molecular weight excluding hydrogens is 176 g/mol. The molecule has 0 aromatic heterocycles. The average Bonchev–Trinajstić information content (AvgIpc) is 2.17. The van der Waals surface area contributed by atoms with Crippen LogP contribution < -0.4 is 0 Å². The van der Waals surface area contributed by atoms with Crippen LogP contribution in [0.15, 0.2) is 0 Å². The zero-order valence-electron chi connectivity index (χ0n) is 7.38. The Labute approximate surface area is 78.2 Å². The van der Waals surface area contributed by atoms with Gasteiger partial charge in [0.2, 0.25) is 0 Å². The number of ketones is 1. The number of halogens is 1. The molecule has 1 fully saturated rings. The quantitative estimate of drug-likeness (QED) is 0.637. The summed E-state index contributed by atoms with van der Waals surface area (Å²) in [6, 6.07) is 0. The van der Waals surface area contributed by atoms with Gasteiger partial charge in [-0.25, -0.2) is 0 Å². The van der Waals surface area contributed by atoms with Gasteiger partial charge >= 0.3 is 0 Å². The van der Waals surface area contributed by atoms with Crippen molar-refractivity contribution in [3.63, 3.8) is 0 Å². The van der Waals surface area contributed by atoms with Crippen LogP contribution in [0.4, 0.5) is 0 Å². The van der Waals surface area contributed by atoms with Crippen molar-refractivity contribution in [3.8, 4) is 0 Å². The van der Waals surface area contributed by atoms with E-state index >= 15 is 0 Å². The zero-order chi connectivity index (χ0) is 8.97. The summed E-state index contributed by atoms with van der Waals surface area (Å²) in [5.41, 5.74) is 0. The summed E-state index contributed by atoms with van der Waals surface area (Å²) in [4.78, 5) is 11.2. The van der Waals surface area contributed by atoms with E-state index < -0.39 is 0 Å². The van der Waals surface area contributed by atoms with Crippen LogP contribution in [0.25, 0.3) is 0 Å². The molecule has 0 aromatic carbocycles. The summed E-state index contributed by atoms with van der Waals surface area (Å²) in [5, 5.41) is 0. The van der Waals surface area contributed by atoms with Crippen LogP contribution in [0.1, 0.15) is 25.7 Å². The van der Waals surface area contributed by atoms with Gasteiger partial charge in [0.05, 0.1) is 12.0 Å². The van der Waals surface area contributed by atoms with Crippen molar-refractivity contribution in [2.45, 2.75) is 31.8 Å². The third-order valence-electron chi connectivity index (χ3n) is 2.59. The van der Waals surface area contributed by atoms with Crippen molar-refractivity contribution < 1.29 is 9.53 Å². The summed E-state index contributed by atoms with van der Waals surface area (Å²) >= 11 is 5.47. The van der Waals surface area contributed by atoms with E-state index in [9.17, 15) is 4.79 Å². The minimum absolute atomic E-state index is 0.169. The van der Waals surface area contributed by atoms with Crippen molar-refractivity contribution in [1.82, 2.24) is 0 Å². The zero-order valence-corrected chi connectivity index (χ0v) is 8.14. The number of hydrogen-bond acceptors (Lipinski definition) is 2. The van der Waals surface area contributed by atoms with Gasteiger partial charge in [0.25, 0.3) is 0 Å². The van der Waals surface area contributed by atoms with E-state index in [-0.39, 0.29) is 17.6 Å². The first-order valence-electron chi connectivity index (χ1n) is 4.39. The lowest BCUT2D eigenvalue weighted by atomic mass is 9.85. The molecule has 0 aromatic rings. The maximum absolute atomic E-state index is 11.2. The van der Waals surface area contributed by atoms with E-state index in [1.807, 2.05) is 0 Å². The maximum atomic E-state index is 11.2. The second-order valence-corrected chi connectivity index (χ2v) is 3.58. The Bertz CT molecular complexity index is 151. The predicted molar refractivity (Wildman–Crippen MR) is 48.5 cm³/mol. The first-order chi connectivity index (χ1) is 5.77. The van der Waals surface area contributed by atoms with Gasteiger partial charge in [0.1, 0.15) is 0 Å². The third-order valence-corrected chi connectivity index (χ3v) is 2.86. The molecule has 2 nitrogen and oxygen atoms in total. The second-order valence-electron chi connectivity index (χ2n) is 3.31. The second kappa shape index (κ2) is 4.83. The highest BCUT2D eigenvalue weighted by atomic mass is 35.5. The molecular formula is C9H15ClO2. The molecule has 0 atom stereocenters. The fourth-order valence-electron chi connectivity index (χ4n) is 1.73. The number of ether oxygens (including phenoxy) is 1. The number of rotatable bonds is 3. The average molecular weight is 191 g/mol. The largest absolute Gasteiger partial charge is 0.381 e. The fraction of sp³-hybridized carbons (Fsp3) is 0.889. The highest BCUT2D eigenvalue weighted by Gasteiger charge is 2.24. The molecule has 0 N–H and O–H groups in total. The number of carbonyl (C=O) groups excluding carboxylic acids is 1. The molecule has 0 heterocycles. The molecule has 0 radical (unpaired) electrons. The fourth-order valence-corrected chi connectivity index (χ4v) is 1.95. The van der Waals surface area contributed by atoms with Gasteiger partial charge in [0.15, 0.2) is 5.78 Å². The van der Waals surface area contributed by atoms with Crippen molar-refractivity contribution in [1.29, 1.82) is 0 Å². The van der Waals surface area contributed by atoms with Gasteiger partial charge in [-0.1, -0.05) is 0 Å². The Morgan fingerprint density at radius 2 is 2.00 bits per heavy atom. The van der Waals surface area contributed by atoms with Gasteiger partial charge in [-0.3, -0.25) is 4.79 Å². The van der Waals surface area contributed by atoms with E-state index in [0.717, 1.165) is 25.7 Å². The molecule has 0 saturated heterocycles. The first kappa shape index (κ1) is 10.0. The van der Waals surface area contributed by atoms with Crippen LogP contribution in [0.2, 0.25) is 0 Å². The van der Waals surface area contributed by atoms with Crippen LogP contribution in [0, 0.1) is 5.92 Å². The van der Waals surface area contributed by atoms with Crippen LogP contribution >= 0.6 is 11.6 Å². The van der Waals surface area contributed by atoms with Crippen molar-refractivity contribution >= 4 is 17.4 Å². The minimum atomic E-state index is 0.169. The Morgan fingerprint density at radius 1 is 1.42 bits per heavy atom. The first-order valence-corrected chi connectivity index (χ1v) is 4.93. The molecule has 0 unspecified atom stereocenters. The molecule has 1 rings (SSSR count). The number of alkyl halides is 1. The Morgan fingerprint density at radius 3 is 2.42 bits per heavy atom. The van der Waals surface area contributed by atoms with Crippen LogP contribution in [0.3, 0.4) is 0 Å². The molecule has 0 amide bonds. The van der Waals surface area contributed by atoms with E-state index in [4.69, 9.17) is 16.3 Å². The highest BCUT2D eigenvalue weighted by Crippen LogP contribution is 2.26. The lowest BCUT2D eigenvalue weighted by Crippen LogP contribution is -2.26. The number of hydrogen-bond donors (Lipinski definition) is 0. The molecule has 0 bridgehead atoms. The van der Waals surface area contributed by atoms with Crippen molar-refractivity contribution in [3.05, 3.63) is 0 Å². The molecule has 1 saturated carbocycles. The van der Waals surface area contributed by atoms with E-state index in [1.165, 1.54) is 0 Å². The maximum Gasteiger partial charge on any atom is 0.150 e. The van der Waals surface area contributed by atoms with Gasteiger partial charge in [-0.05, 0) is 25.7 Å². The number of methoxy groups -OCH3 is 1. The lowest BCUT2D eigenvalue weighted by Gasteiger charge is -2.25. The van der Waals surface area contributed by atoms with Crippen LogP contribution in [-0.4, -0.2) is 24.9 Å². The minimum Gasteiger partial charge on any atom is -0.381 e. The standard InChI is InChI=1S/C9H15ClO2/c1-12-8-4-2-7(3-5-8)9(11)6-10/h7-8H,2-6H2,1H3.